The fourth-order valence-corrected chi connectivity index (χ4v) is 1.22. The summed E-state index contributed by atoms with van der Waals surface area (Å²) < 4.78 is 34.7. The third kappa shape index (κ3) is 5.07. The number of halogens is 3. The third-order valence-electron chi connectivity index (χ3n) is 1.83. The fourth-order valence-electron chi connectivity index (χ4n) is 1.22. The van der Waals surface area contributed by atoms with E-state index in [1.807, 2.05) is 0 Å². The van der Waals surface area contributed by atoms with Crippen LogP contribution in [-0.4, -0.2) is 31.9 Å². The second-order valence-electron chi connectivity index (χ2n) is 3.05. The van der Waals surface area contributed by atoms with Crippen molar-refractivity contribution < 1.29 is 18.0 Å². The van der Waals surface area contributed by atoms with Gasteiger partial charge in [-0.3, -0.25) is 4.84 Å². The summed E-state index contributed by atoms with van der Waals surface area (Å²) in [6, 6.07) is 0.244. The fraction of sp³-hybridized carbons (Fsp3) is 1.00. The van der Waals surface area contributed by atoms with Gasteiger partial charge in [-0.25, -0.2) is 5.48 Å². The normalized spacial score (nSPS) is 23.8. The molecule has 1 heterocycles. The van der Waals surface area contributed by atoms with Crippen LogP contribution in [0.3, 0.4) is 0 Å². The van der Waals surface area contributed by atoms with Crippen LogP contribution < -0.4 is 10.8 Å². The highest BCUT2D eigenvalue weighted by Gasteiger charge is 2.27. The Morgan fingerprint density at radius 2 is 2.23 bits per heavy atom. The average molecular weight is 198 g/mol. The molecule has 1 aliphatic heterocycles. The van der Waals surface area contributed by atoms with Crippen LogP contribution in [0.25, 0.3) is 0 Å². The maximum Gasteiger partial charge on any atom is 0.413 e. The van der Waals surface area contributed by atoms with Crippen LogP contribution in [0.5, 0.6) is 0 Å². The lowest BCUT2D eigenvalue weighted by atomic mass is 10.2. The van der Waals surface area contributed by atoms with Gasteiger partial charge < -0.3 is 5.32 Å². The van der Waals surface area contributed by atoms with Gasteiger partial charge in [0.25, 0.3) is 0 Å². The largest absolute Gasteiger partial charge is 0.413 e. The number of rotatable bonds is 4. The molecule has 0 aromatic heterocycles. The van der Waals surface area contributed by atoms with E-state index >= 15 is 0 Å². The summed E-state index contributed by atoms with van der Waals surface area (Å²) in [6.45, 7) is 0.126. The van der Waals surface area contributed by atoms with E-state index in [-0.39, 0.29) is 6.04 Å². The second kappa shape index (κ2) is 4.78. The van der Waals surface area contributed by atoms with Crippen molar-refractivity contribution in [3.8, 4) is 0 Å². The van der Waals surface area contributed by atoms with Gasteiger partial charge in [-0.1, -0.05) is 0 Å². The lowest BCUT2D eigenvalue weighted by Gasteiger charge is -2.12. The Labute approximate surface area is 74.6 Å². The average Bonchev–Trinajstić information content (AvgIpc) is 2.48. The smallest absolute Gasteiger partial charge is 0.313 e. The second-order valence-corrected chi connectivity index (χ2v) is 3.05. The molecule has 6 heteroatoms. The molecular weight excluding hydrogens is 185 g/mol. The molecule has 0 aromatic rings. The monoisotopic (exact) mass is 198 g/mol. The molecule has 1 fully saturated rings. The van der Waals surface area contributed by atoms with Crippen molar-refractivity contribution in [2.45, 2.75) is 25.1 Å². The Bertz CT molecular complexity index is 145. The van der Waals surface area contributed by atoms with Gasteiger partial charge in [-0.2, -0.15) is 13.2 Å². The molecule has 1 aliphatic rings. The Morgan fingerprint density at radius 1 is 1.46 bits per heavy atom. The minimum atomic E-state index is -4.25. The molecule has 0 amide bonds. The van der Waals surface area contributed by atoms with Crippen molar-refractivity contribution in [2.75, 3.05) is 19.7 Å². The standard InChI is InChI=1S/C7H13F3N2O/c8-7(9,10)5-13-12-4-6-2-1-3-11-6/h6,11-12H,1-5H2. The maximum absolute atomic E-state index is 11.6. The SMILES string of the molecule is FC(F)(F)CONCC1CCCN1. The quantitative estimate of drug-likeness (QED) is 0.518. The molecule has 1 atom stereocenters. The van der Waals surface area contributed by atoms with E-state index in [2.05, 4.69) is 15.6 Å². The van der Waals surface area contributed by atoms with Crippen molar-refractivity contribution in [1.82, 2.24) is 10.8 Å². The molecule has 0 aliphatic carbocycles. The van der Waals surface area contributed by atoms with Crippen molar-refractivity contribution in [2.24, 2.45) is 0 Å². The predicted molar refractivity (Wildman–Crippen MR) is 41.0 cm³/mol. The van der Waals surface area contributed by atoms with Gasteiger partial charge in [0.05, 0.1) is 0 Å². The highest BCUT2D eigenvalue weighted by molar-refractivity contribution is 4.74. The van der Waals surface area contributed by atoms with Crippen molar-refractivity contribution in [3.05, 3.63) is 0 Å². The van der Waals surface area contributed by atoms with E-state index in [1.165, 1.54) is 0 Å². The first-order valence-corrected chi connectivity index (χ1v) is 4.23. The van der Waals surface area contributed by atoms with Gasteiger partial charge in [0.2, 0.25) is 0 Å². The van der Waals surface area contributed by atoms with Gasteiger partial charge in [-0.05, 0) is 19.4 Å². The number of hydrogen-bond acceptors (Lipinski definition) is 3. The molecule has 1 rings (SSSR count). The zero-order valence-electron chi connectivity index (χ0n) is 7.16. The molecule has 3 nitrogen and oxygen atoms in total. The summed E-state index contributed by atoms with van der Waals surface area (Å²) in [7, 11) is 0. The Kier molecular flexibility index (Phi) is 3.95. The number of alkyl halides is 3. The summed E-state index contributed by atoms with van der Waals surface area (Å²) in [5, 5.41) is 3.13. The number of hydrogen-bond donors (Lipinski definition) is 2. The summed E-state index contributed by atoms with van der Waals surface area (Å²) >= 11 is 0. The van der Waals surface area contributed by atoms with Crippen LogP contribution in [0.1, 0.15) is 12.8 Å². The van der Waals surface area contributed by atoms with Crippen LogP contribution in [0.2, 0.25) is 0 Å². The van der Waals surface area contributed by atoms with Crippen molar-refractivity contribution in [3.63, 3.8) is 0 Å². The van der Waals surface area contributed by atoms with Gasteiger partial charge in [0.1, 0.15) is 0 Å². The van der Waals surface area contributed by atoms with Crippen molar-refractivity contribution in [1.29, 1.82) is 0 Å². The first-order chi connectivity index (χ1) is 6.08. The molecule has 13 heavy (non-hydrogen) atoms. The molecule has 1 unspecified atom stereocenters. The van der Waals surface area contributed by atoms with E-state index in [1.54, 1.807) is 0 Å². The third-order valence-corrected chi connectivity index (χ3v) is 1.83. The molecule has 0 aromatic carbocycles. The zero-order valence-corrected chi connectivity index (χ0v) is 7.16. The van der Waals surface area contributed by atoms with Gasteiger partial charge in [-0.15, -0.1) is 0 Å². The first kappa shape index (κ1) is 10.7. The van der Waals surface area contributed by atoms with Crippen LogP contribution in [0.4, 0.5) is 13.2 Å². The van der Waals surface area contributed by atoms with E-state index in [9.17, 15) is 13.2 Å². The summed E-state index contributed by atoms with van der Waals surface area (Å²) in [6.07, 6.45) is -2.19. The lowest BCUT2D eigenvalue weighted by Crippen LogP contribution is -2.35. The van der Waals surface area contributed by atoms with Crippen molar-refractivity contribution >= 4 is 0 Å². The lowest BCUT2D eigenvalue weighted by molar-refractivity contribution is -0.189. The molecule has 0 spiro atoms. The van der Waals surface area contributed by atoms with Gasteiger partial charge in [0.15, 0.2) is 6.61 Å². The van der Waals surface area contributed by atoms with Crippen LogP contribution in [0.15, 0.2) is 0 Å². The van der Waals surface area contributed by atoms with E-state index < -0.39 is 12.8 Å². The number of nitrogens with one attached hydrogen (secondary N) is 2. The zero-order chi connectivity index (χ0) is 9.73. The Hall–Kier alpha value is -0.330. The van der Waals surface area contributed by atoms with Crippen LogP contribution in [-0.2, 0) is 4.84 Å². The van der Waals surface area contributed by atoms with E-state index in [0.717, 1.165) is 19.4 Å². The maximum atomic E-state index is 11.6. The van der Waals surface area contributed by atoms with E-state index in [0.29, 0.717) is 6.54 Å². The summed E-state index contributed by atoms with van der Waals surface area (Å²) in [5.74, 6) is 0. The topological polar surface area (TPSA) is 33.3 Å². The summed E-state index contributed by atoms with van der Waals surface area (Å²) in [5.41, 5.74) is 2.30. The highest BCUT2D eigenvalue weighted by Crippen LogP contribution is 2.13. The predicted octanol–water partition coefficient (Wildman–Crippen LogP) is 0.822. The van der Waals surface area contributed by atoms with Crippen LogP contribution in [0, 0.1) is 0 Å². The molecule has 0 bridgehead atoms. The Morgan fingerprint density at radius 3 is 2.77 bits per heavy atom. The van der Waals surface area contributed by atoms with E-state index in [4.69, 9.17) is 0 Å². The highest BCUT2D eigenvalue weighted by atomic mass is 19.4. The minimum Gasteiger partial charge on any atom is -0.313 e. The minimum absolute atomic E-state index is 0.244. The molecule has 2 N–H and O–H groups in total. The van der Waals surface area contributed by atoms with Crippen LogP contribution >= 0.6 is 0 Å². The molecular formula is C7H13F3N2O. The van der Waals surface area contributed by atoms with Gasteiger partial charge >= 0.3 is 6.18 Å². The van der Waals surface area contributed by atoms with Gasteiger partial charge in [0, 0.05) is 12.6 Å². The number of hydroxylamine groups is 1. The Balaban J connectivity index is 1.94. The molecule has 1 saturated heterocycles. The molecule has 78 valence electrons. The molecule has 0 saturated carbocycles. The summed E-state index contributed by atoms with van der Waals surface area (Å²) in [4.78, 5) is 4.24. The first-order valence-electron chi connectivity index (χ1n) is 4.23. The molecule has 0 radical (unpaired) electrons.